The lowest BCUT2D eigenvalue weighted by atomic mass is 9.91. The van der Waals surface area contributed by atoms with Crippen LogP contribution in [0.5, 0.6) is 5.75 Å². The molecule has 6 heteroatoms. The zero-order valence-corrected chi connectivity index (χ0v) is 15.1. The third kappa shape index (κ3) is 3.53. The van der Waals surface area contributed by atoms with Crippen LogP contribution < -0.4 is 10.1 Å². The summed E-state index contributed by atoms with van der Waals surface area (Å²) in [7, 11) is 0. The van der Waals surface area contributed by atoms with E-state index in [2.05, 4.69) is 10.3 Å². The fourth-order valence-electron chi connectivity index (χ4n) is 3.49. The number of aromatic nitrogens is 1. The maximum absolute atomic E-state index is 14.1. The molecule has 1 aliphatic heterocycles. The maximum Gasteiger partial charge on any atom is 0.337 e. The number of carboxylic acids is 1. The van der Waals surface area contributed by atoms with Gasteiger partial charge in [0.1, 0.15) is 11.6 Å². The molecule has 0 saturated carbocycles. The third-order valence-electron chi connectivity index (χ3n) is 4.95. The fourth-order valence-corrected chi connectivity index (χ4v) is 3.49. The normalized spacial score (nSPS) is 15.4. The van der Waals surface area contributed by atoms with Gasteiger partial charge in [0.15, 0.2) is 0 Å². The Kier molecular flexibility index (Phi) is 4.93. The van der Waals surface area contributed by atoms with E-state index in [-0.39, 0.29) is 17.3 Å². The molecule has 142 valence electrons. The zero-order chi connectivity index (χ0) is 19.5. The number of hydrogen-bond acceptors (Lipinski definition) is 4. The molecule has 4 rings (SSSR count). The molecule has 28 heavy (non-hydrogen) atoms. The van der Waals surface area contributed by atoms with Gasteiger partial charge in [0.25, 0.3) is 0 Å². The highest BCUT2D eigenvalue weighted by Crippen LogP contribution is 2.37. The molecule has 2 N–H and O–H groups in total. The molecule has 0 spiro atoms. The Morgan fingerprint density at radius 2 is 2.11 bits per heavy atom. The summed E-state index contributed by atoms with van der Waals surface area (Å²) in [6.45, 7) is 1.11. The Balaban J connectivity index is 1.57. The second kappa shape index (κ2) is 7.68. The second-order valence-corrected chi connectivity index (χ2v) is 6.67. The first-order valence-corrected chi connectivity index (χ1v) is 9.06. The van der Waals surface area contributed by atoms with Crippen molar-refractivity contribution < 1.29 is 19.0 Å². The number of halogens is 1. The lowest BCUT2D eigenvalue weighted by Gasteiger charge is -2.27. The molecule has 0 radical (unpaired) electrons. The summed E-state index contributed by atoms with van der Waals surface area (Å²) >= 11 is 0. The van der Waals surface area contributed by atoms with Crippen LogP contribution in [0.2, 0.25) is 0 Å². The number of rotatable bonds is 5. The molecule has 2 aromatic carbocycles. The van der Waals surface area contributed by atoms with E-state index in [4.69, 9.17) is 4.74 Å². The summed E-state index contributed by atoms with van der Waals surface area (Å²) in [4.78, 5) is 15.4. The van der Waals surface area contributed by atoms with E-state index in [0.717, 1.165) is 23.3 Å². The van der Waals surface area contributed by atoms with Gasteiger partial charge in [0, 0.05) is 24.2 Å². The first-order chi connectivity index (χ1) is 13.6. The lowest BCUT2D eigenvalue weighted by molar-refractivity contribution is 0.0697. The third-order valence-corrected chi connectivity index (χ3v) is 4.95. The van der Waals surface area contributed by atoms with Gasteiger partial charge in [-0.3, -0.25) is 4.98 Å². The monoisotopic (exact) mass is 378 g/mol. The van der Waals surface area contributed by atoms with Gasteiger partial charge in [-0.25, -0.2) is 9.18 Å². The Labute approximate surface area is 161 Å². The van der Waals surface area contributed by atoms with Gasteiger partial charge in [0.05, 0.1) is 24.1 Å². The predicted molar refractivity (Wildman–Crippen MR) is 104 cm³/mol. The molecule has 1 aliphatic rings. The van der Waals surface area contributed by atoms with Gasteiger partial charge in [-0.15, -0.1) is 0 Å². The summed E-state index contributed by atoms with van der Waals surface area (Å²) in [5, 5.41) is 12.5. The molecule has 2 heterocycles. The largest absolute Gasteiger partial charge is 0.493 e. The van der Waals surface area contributed by atoms with E-state index < -0.39 is 5.97 Å². The number of benzene rings is 2. The van der Waals surface area contributed by atoms with Crippen molar-refractivity contribution in [3.05, 3.63) is 77.9 Å². The minimum absolute atomic E-state index is 0.153. The molecule has 5 nitrogen and oxygen atoms in total. The first-order valence-electron chi connectivity index (χ1n) is 9.06. The molecule has 0 aliphatic carbocycles. The highest BCUT2D eigenvalue weighted by Gasteiger charge is 2.23. The number of nitrogens with zero attached hydrogens (tertiary/aromatic N) is 1. The van der Waals surface area contributed by atoms with Crippen LogP contribution in [0.1, 0.15) is 28.3 Å². The molecular formula is C22H19FN2O3. The van der Waals surface area contributed by atoms with Crippen molar-refractivity contribution in [3.8, 4) is 16.9 Å². The van der Waals surface area contributed by atoms with E-state index >= 15 is 0 Å². The summed E-state index contributed by atoms with van der Waals surface area (Å²) in [6.07, 6.45) is 3.79. The smallest absolute Gasteiger partial charge is 0.337 e. The van der Waals surface area contributed by atoms with Crippen molar-refractivity contribution in [2.45, 2.75) is 12.3 Å². The predicted octanol–water partition coefficient (Wildman–Crippen LogP) is 4.56. The van der Waals surface area contributed by atoms with Crippen LogP contribution >= 0.6 is 0 Å². The number of carbonyl (C=O) groups is 1. The Bertz CT molecular complexity index is 1020. The van der Waals surface area contributed by atoms with Crippen molar-refractivity contribution in [2.75, 3.05) is 18.5 Å². The molecule has 0 bridgehead atoms. The molecular weight excluding hydrogens is 359 g/mol. The molecule has 0 fully saturated rings. The average molecular weight is 378 g/mol. The number of carboxylic acid groups (broad SMARTS) is 1. The maximum atomic E-state index is 14.1. The number of pyridine rings is 1. The van der Waals surface area contributed by atoms with E-state index in [1.807, 2.05) is 18.2 Å². The molecule has 1 unspecified atom stereocenters. The van der Waals surface area contributed by atoms with Gasteiger partial charge in [-0.2, -0.15) is 0 Å². The molecule has 3 aromatic rings. The fraction of sp³-hybridized carbons (Fsp3) is 0.182. The minimum atomic E-state index is -0.994. The number of nitrogens with one attached hydrogen (secondary N) is 1. The minimum Gasteiger partial charge on any atom is -0.493 e. The van der Waals surface area contributed by atoms with Crippen LogP contribution in [0, 0.1) is 5.82 Å². The van der Waals surface area contributed by atoms with Crippen molar-refractivity contribution in [1.82, 2.24) is 4.98 Å². The van der Waals surface area contributed by atoms with E-state index in [1.165, 1.54) is 24.5 Å². The molecule has 1 atom stereocenters. The van der Waals surface area contributed by atoms with Crippen LogP contribution in [0.15, 0.2) is 60.9 Å². The average Bonchev–Trinajstić information content (AvgIpc) is 2.72. The van der Waals surface area contributed by atoms with Crippen LogP contribution in [0.25, 0.3) is 11.1 Å². The van der Waals surface area contributed by atoms with Crippen molar-refractivity contribution in [3.63, 3.8) is 0 Å². The van der Waals surface area contributed by atoms with Crippen LogP contribution in [0.3, 0.4) is 0 Å². The quantitative estimate of drug-likeness (QED) is 0.681. The van der Waals surface area contributed by atoms with Crippen molar-refractivity contribution >= 4 is 11.7 Å². The topological polar surface area (TPSA) is 71.5 Å². The summed E-state index contributed by atoms with van der Waals surface area (Å²) < 4.78 is 19.9. The Morgan fingerprint density at radius 3 is 2.93 bits per heavy atom. The number of ether oxygens (including phenoxy) is 1. The first kappa shape index (κ1) is 18.0. The number of hydrogen-bond donors (Lipinski definition) is 2. The summed E-state index contributed by atoms with van der Waals surface area (Å²) in [5.74, 6) is -0.371. The summed E-state index contributed by atoms with van der Waals surface area (Å²) in [6, 6.07) is 13.9. The van der Waals surface area contributed by atoms with E-state index in [9.17, 15) is 14.3 Å². The highest BCUT2D eigenvalue weighted by atomic mass is 19.1. The standard InChI is InChI=1S/C22H19FN2O3/c23-19-4-2-1-3-16(19)14-5-6-17-15(8-10-28-21(17)11-14)12-25-20-13-24-9-7-18(20)22(26)27/h1-7,9,11,13,15,25H,8,10,12H2,(H,26,27). The van der Waals surface area contributed by atoms with Crippen molar-refractivity contribution in [1.29, 1.82) is 0 Å². The van der Waals surface area contributed by atoms with Crippen molar-refractivity contribution in [2.24, 2.45) is 0 Å². The second-order valence-electron chi connectivity index (χ2n) is 6.67. The van der Waals surface area contributed by atoms with Gasteiger partial charge in [0.2, 0.25) is 0 Å². The van der Waals surface area contributed by atoms with Gasteiger partial charge >= 0.3 is 5.97 Å². The zero-order valence-electron chi connectivity index (χ0n) is 15.1. The van der Waals surface area contributed by atoms with Crippen LogP contribution in [0.4, 0.5) is 10.1 Å². The summed E-state index contributed by atoms with van der Waals surface area (Å²) in [5.41, 5.74) is 3.02. The Morgan fingerprint density at radius 1 is 1.25 bits per heavy atom. The molecule has 0 saturated heterocycles. The lowest BCUT2D eigenvalue weighted by Crippen LogP contribution is -2.21. The SMILES string of the molecule is O=C(O)c1ccncc1NCC1CCOc2cc(-c3ccccc3F)ccc21. The highest BCUT2D eigenvalue weighted by molar-refractivity contribution is 5.93. The van der Waals surface area contributed by atoms with Gasteiger partial charge < -0.3 is 15.2 Å². The molecule has 1 aromatic heterocycles. The van der Waals surface area contributed by atoms with Gasteiger partial charge in [-0.05, 0) is 35.7 Å². The van der Waals surface area contributed by atoms with E-state index in [0.29, 0.717) is 24.4 Å². The molecule has 0 amide bonds. The van der Waals surface area contributed by atoms with E-state index in [1.54, 1.807) is 18.2 Å². The van der Waals surface area contributed by atoms with Gasteiger partial charge in [-0.1, -0.05) is 30.3 Å². The van der Waals surface area contributed by atoms with Crippen LogP contribution in [-0.4, -0.2) is 29.2 Å². The number of aromatic carboxylic acids is 1. The van der Waals surface area contributed by atoms with Crippen LogP contribution in [-0.2, 0) is 0 Å². The number of fused-ring (bicyclic) bond motifs is 1. The Hall–Kier alpha value is -3.41. The number of anilines is 1.